The Morgan fingerprint density at radius 1 is 1.53 bits per heavy atom. The Labute approximate surface area is 110 Å². The fraction of sp³-hybridized carbons (Fsp3) is 0.273. The third kappa shape index (κ3) is 4.63. The van der Waals surface area contributed by atoms with Crippen LogP contribution < -0.4 is 5.32 Å². The molecule has 1 N–H and O–H groups in total. The summed E-state index contributed by atoms with van der Waals surface area (Å²) < 4.78 is 4.91. The average Bonchev–Trinajstić information content (AvgIpc) is 2.32. The maximum Gasteiger partial charge on any atom is 0.271 e. The van der Waals surface area contributed by atoms with Crippen LogP contribution in [-0.4, -0.2) is 24.0 Å². The van der Waals surface area contributed by atoms with E-state index in [2.05, 4.69) is 16.9 Å². The van der Waals surface area contributed by atoms with Gasteiger partial charge in [0, 0.05) is 6.54 Å². The van der Waals surface area contributed by atoms with Crippen LogP contribution in [0, 0.1) is 0 Å². The minimum absolute atomic E-state index is 0.129. The normalized spacial score (nSPS) is 9.76. The Kier molecular flexibility index (Phi) is 5.80. The monoisotopic (exact) mass is 274 g/mol. The number of rotatable bonds is 6. The van der Waals surface area contributed by atoms with E-state index in [1.807, 2.05) is 0 Å². The molecule has 0 saturated carbocycles. The van der Waals surface area contributed by atoms with Gasteiger partial charge in [0.25, 0.3) is 5.91 Å². The molecule has 1 aromatic rings. The Hall–Kier alpha value is -1.26. The lowest BCUT2D eigenvalue weighted by Crippen LogP contribution is -2.26. The standard InChI is InChI=1S/C11H12Cl2N2O2/c1-2-17-7-3-6-14-11(16)10-8(12)4-5-9(13)15-10/h2,4-5H,1,3,6-7H2,(H,14,16). The van der Waals surface area contributed by atoms with Crippen LogP contribution in [0.1, 0.15) is 16.9 Å². The number of halogens is 2. The van der Waals surface area contributed by atoms with Gasteiger partial charge in [0.15, 0.2) is 0 Å². The molecule has 0 unspecified atom stereocenters. The molecule has 0 fully saturated rings. The molecule has 0 aliphatic heterocycles. The highest BCUT2D eigenvalue weighted by Crippen LogP contribution is 2.16. The van der Waals surface area contributed by atoms with E-state index >= 15 is 0 Å². The van der Waals surface area contributed by atoms with E-state index < -0.39 is 0 Å². The summed E-state index contributed by atoms with van der Waals surface area (Å²) in [6.07, 6.45) is 2.03. The summed E-state index contributed by atoms with van der Waals surface area (Å²) in [5.74, 6) is -0.351. The van der Waals surface area contributed by atoms with Gasteiger partial charge in [-0.3, -0.25) is 4.79 Å². The van der Waals surface area contributed by atoms with Crippen molar-refractivity contribution in [1.29, 1.82) is 0 Å². The van der Waals surface area contributed by atoms with Crippen molar-refractivity contribution >= 4 is 29.1 Å². The first kappa shape index (κ1) is 13.8. The van der Waals surface area contributed by atoms with Crippen LogP contribution in [0.25, 0.3) is 0 Å². The van der Waals surface area contributed by atoms with Gasteiger partial charge in [0.05, 0.1) is 17.9 Å². The van der Waals surface area contributed by atoms with E-state index in [-0.39, 0.29) is 21.8 Å². The summed E-state index contributed by atoms with van der Waals surface area (Å²) in [5.41, 5.74) is 0.129. The largest absolute Gasteiger partial charge is 0.502 e. The Morgan fingerprint density at radius 3 is 3.00 bits per heavy atom. The summed E-state index contributed by atoms with van der Waals surface area (Å²) >= 11 is 11.5. The molecule has 0 atom stereocenters. The van der Waals surface area contributed by atoms with Gasteiger partial charge >= 0.3 is 0 Å². The van der Waals surface area contributed by atoms with Crippen molar-refractivity contribution in [3.8, 4) is 0 Å². The summed E-state index contributed by atoms with van der Waals surface area (Å²) in [4.78, 5) is 15.5. The second-order valence-electron chi connectivity index (χ2n) is 3.11. The van der Waals surface area contributed by atoms with E-state index in [0.717, 1.165) is 0 Å². The lowest BCUT2D eigenvalue weighted by Gasteiger charge is -2.06. The molecule has 1 amide bonds. The Morgan fingerprint density at radius 2 is 2.29 bits per heavy atom. The van der Waals surface area contributed by atoms with Crippen molar-refractivity contribution in [1.82, 2.24) is 10.3 Å². The van der Waals surface area contributed by atoms with E-state index in [0.29, 0.717) is 19.6 Å². The number of carbonyl (C=O) groups is 1. The molecule has 92 valence electrons. The van der Waals surface area contributed by atoms with Crippen LogP contribution in [0.15, 0.2) is 25.0 Å². The number of hydrogen-bond donors (Lipinski definition) is 1. The molecule has 6 heteroatoms. The van der Waals surface area contributed by atoms with Gasteiger partial charge in [0.2, 0.25) is 0 Å². The molecule has 1 aromatic heterocycles. The molecule has 0 bridgehead atoms. The zero-order chi connectivity index (χ0) is 12.7. The number of amides is 1. The number of nitrogens with one attached hydrogen (secondary N) is 1. The van der Waals surface area contributed by atoms with Crippen LogP contribution in [-0.2, 0) is 4.74 Å². The van der Waals surface area contributed by atoms with Crippen molar-refractivity contribution in [2.75, 3.05) is 13.2 Å². The topological polar surface area (TPSA) is 51.2 Å². The number of carbonyl (C=O) groups excluding carboxylic acids is 1. The quantitative estimate of drug-likeness (QED) is 0.493. The SMILES string of the molecule is C=COCCCNC(=O)c1nc(Cl)ccc1Cl. The molecule has 1 rings (SSSR count). The highest BCUT2D eigenvalue weighted by Gasteiger charge is 2.11. The highest BCUT2D eigenvalue weighted by molar-refractivity contribution is 6.34. The van der Waals surface area contributed by atoms with Crippen LogP contribution in [0.4, 0.5) is 0 Å². The summed E-state index contributed by atoms with van der Waals surface area (Å²) in [7, 11) is 0. The fourth-order valence-corrected chi connectivity index (χ4v) is 1.44. The molecule has 0 aliphatic rings. The van der Waals surface area contributed by atoms with Gasteiger partial charge in [-0.2, -0.15) is 0 Å². The van der Waals surface area contributed by atoms with Crippen molar-refractivity contribution in [3.05, 3.63) is 40.8 Å². The maximum atomic E-state index is 11.7. The molecule has 4 nitrogen and oxygen atoms in total. The number of aromatic nitrogens is 1. The first-order chi connectivity index (χ1) is 8.15. The minimum atomic E-state index is -0.351. The smallest absolute Gasteiger partial charge is 0.271 e. The van der Waals surface area contributed by atoms with Crippen LogP contribution in [0.2, 0.25) is 10.2 Å². The molecule has 0 saturated heterocycles. The molecule has 0 radical (unpaired) electrons. The fourth-order valence-electron chi connectivity index (χ4n) is 1.10. The molecule has 1 heterocycles. The van der Waals surface area contributed by atoms with Crippen LogP contribution >= 0.6 is 23.2 Å². The average molecular weight is 275 g/mol. The van der Waals surface area contributed by atoms with Gasteiger partial charge in [0.1, 0.15) is 10.8 Å². The molecule has 0 aliphatic carbocycles. The summed E-state index contributed by atoms with van der Waals surface area (Å²) in [5, 5.41) is 3.17. The zero-order valence-corrected chi connectivity index (χ0v) is 10.6. The van der Waals surface area contributed by atoms with Gasteiger partial charge in [-0.15, -0.1) is 0 Å². The van der Waals surface area contributed by atoms with Crippen LogP contribution in [0.3, 0.4) is 0 Å². The van der Waals surface area contributed by atoms with Crippen molar-refractivity contribution < 1.29 is 9.53 Å². The minimum Gasteiger partial charge on any atom is -0.502 e. The molecule has 0 aromatic carbocycles. The number of nitrogens with zero attached hydrogens (tertiary/aromatic N) is 1. The number of hydrogen-bond acceptors (Lipinski definition) is 3. The second-order valence-corrected chi connectivity index (χ2v) is 3.91. The highest BCUT2D eigenvalue weighted by atomic mass is 35.5. The second kappa shape index (κ2) is 7.14. The Bertz CT molecular complexity index is 410. The van der Waals surface area contributed by atoms with E-state index in [9.17, 15) is 4.79 Å². The molecule has 0 spiro atoms. The third-order valence-electron chi connectivity index (χ3n) is 1.87. The first-order valence-electron chi connectivity index (χ1n) is 4.98. The lowest BCUT2D eigenvalue weighted by atomic mass is 10.3. The van der Waals surface area contributed by atoms with Gasteiger partial charge in [-0.1, -0.05) is 29.8 Å². The Balaban J connectivity index is 2.46. The number of pyridine rings is 1. The first-order valence-corrected chi connectivity index (χ1v) is 5.73. The van der Waals surface area contributed by atoms with E-state index in [4.69, 9.17) is 27.9 Å². The summed E-state index contributed by atoms with van der Waals surface area (Å²) in [6.45, 7) is 4.38. The van der Waals surface area contributed by atoms with Crippen molar-refractivity contribution in [3.63, 3.8) is 0 Å². The number of ether oxygens (including phenoxy) is 1. The summed E-state index contributed by atoms with van der Waals surface area (Å²) in [6, 6.07) is 3.06. The van der Waals surface area contributed by atoms with Crippen molar-refractivity contribution in [2.24, 2.45) is 0 Å². The molecule has 17 heavy (non-hydrogen) atoms. The molecular weight excluding hydrogens is 263 g/mol. The van der Waals surface area contributed by atoms with Crippen molar-refractivity contribution in [2.45, 2.75) is 6.42 Å². The van der Waals surface area contributed by atoms with Gasteiger partial charge in [-0.25, -0.2) is 4.98 Å². The lowest BCUT2D eigenvalue weighted by molar-refractivity contribution is 0.0945. The maximum absolute atomic E-state index is 11.7. The predicted molar refractivity (Wildman–Crippen MR) is 67.4 cm³/mol. The van der Waals surface area contributed by atoms with Crippen LogP contribution in [0.5, 0.6) is 0 Å². The van der Waals surface area contributed by atoms with E-state index in [1.54, 1.807) is 0 Å². The molecular formula is C11H12Cl2N2O2. The predicted octanol–water partition coefficient (Wildman–Crippen LogP) is 2.67. The van der Waals surface area contributed by atoms with Gasteiger partial charge in [-0.05, 0) is 18.6 Å². The van der Waals surface area contributed by atoms with Gasteiger partial charge < -0.3 is 10.1 Å². The zero-order valence-electron chi connectivity index (χ0n) is 9.08. The van der Waals surface area contributed by atoms with E-state index in [1.165, 1.54) is 18.4 Å². The third-order valence-corrected chi connectivity index (χ3v) is 2.38.